The Morgan fingerprint density at radius 3 is 2.89 bits per heavy atom. The van der Waals surface area contributed by atoms with Gasteiger partial charge in [0.25, 0.3) is 5.54 Å². The minimum Gasteiger partial charge on any atom is -0.464 e. The van der Waals surface area contributed by atoms with Gasteiger partial charge < -0.3 is 9.58 Å². The van der Waals surface area contributed by atoms with E-state index >= 15 is 0 Å². The number of carbonyl (C=O) groups is 1. The first kappa shape index (κ1) is 12.9. The molecule has 0 aliphatic heterocycles. The number of rotatable bonds is 4. The highest BCUT2D eigenvalue weighted by atomic mass is 32.2. The number of hydrogen-bond acceptors (Lipinski definition) is 4. The summed E-state index contributed by atoms with van der Waals surface area (Å²) in [7, 11) is 1.35. The maximum absolute atomic E-state index is 11.6. The first-order valence-electron chi connectivity index (χ1n) is 5.77. The van der Waals surface area contributed by atoms with Crippen molar-refractivity contribution in [2.45, 2.75) is 30.2 Å². The SMILES string of the molecule is [C-]#[N+]C1(c2cnc(C(=O)OC)c(SCC)c2)CC1. The highest BCUT2D eigenvalue weighted by Crippen LogP contribution is 2.50. The van der Waals surface area contributed by atoms with E-state index in [1.54, 1.807) is 18.0 Å². The normalized spacial score (nSPS) is 15.8. The molecule has 2 rings (SSSR count). The van der Waals surface area contributed by atoms with Gasteiger partial charge in [0.05, 0.1) is 12.7 Å². The minimum absolute atomic E-state index is 0.342. The molecule has 1 heterocycles. The summed E-state index contributed by atoms with van der Waals surface area (Å²) in [5, 5.41) is 0. The zero-order valence-corrected chi connectivity index (χ0v) is 11.2. The molecule has 0 atom stereocenters. The summed E-state index contributed by atoms with van der Waals surface area (Å²) in [6, 6.07) is 1.92. The number of carbonyl (C=O) groups excluding carboxylic acids is 1. The molecule has 1 aliphatic rings. The average Bonchev–Trinajstić information content (AvgIpc) is 3.19. The lowest BCUT2D eigenvalue weighted by Gasteiger charge is -2.09. The van der Waals surface area contributed by atoms with Gasteiger partial charge in [0.15, 0.2) is 5.69 Å². The zero-order valence-electron chi connectivity index (χ0n) is 10.4. The number of aromatic nitrogens is 1. The van der Waals surface area contributed by atoms with Gasteiger partial charge in [-0.1, -0.05) is 6.92 Å². The van der Waals surface area contributed by atoms with Crippen LogP contribution in [0.5, 0.6) is 0 Å². The van der Waals surface area contributed by atoms with Crippen LogP contribution in [-0.4, -0.2) is 23.8 Å². The summed E-state index contributed by atoms with van der Waals surface area (Å²) in [5.74, 6) is 0.422. The Bertz CT molecular complexity index is 518. The lowest BCUT2D eigenvalue weighted by Crippen LogP contribution is -2.09. The van der Waals surface area contributed by atoms with E-state index < -0.39 is 5.97 Å². The fourth-order valence-electron chi connectivity index (χ4n) is 1.80. The number of methoxy groups -OCH3 is 1. The summed E-state index contributed by atoms with van der Waals surface area (Å²) in [4.78, 5) is 20.3. The molecule has 1 aromatic heterocycles. The summed E-state index contributed by atoms with van der Waals surface area (Å²) in [5.41, 5.74) is 0.875. The number of hydrogen-bond donors (Lipinski definition) is 0. The van der Waals surface area contributed by atoms with Crippen LogP contribution < -0.4 is 0 Å². The number of esters is 1. The molecule has 18 heavy (non-hydrogen) atoms. The van der Waals surface area contributed by atoms with Crippen molar-refractivity contribution in [2.24, 2.45) is 0 Å². The lowest BCUT2D eigenvalue weighted by molar-refractivity contribution is 0.0589. The van der Waals surface area contributed by atoms with Gasteiger partial charge >= 0.3 is 5.97 Å². The van der Waals surface area contributed by atoms with Crippen molar-refractivity contribution in [3.05, 3.63) is 34.9 Å². The van der Waals surface area contributed by atoms with E-state index in [4.69, 9.17) is 11.3 Å². The van der Waals surface area contributed by atoms with Crippen molar-refractivity contribution < 1.29 is 9.53 Å². The van der Waals surface area contributed by atoms with E-state index in [9.17, 15) is 4.79 Å². The predicted molar refractivity (Wildman–Crippen MR) is 69.5 cm³/mol. The van der Waals surface area contributed by atoms with Crippen LogP contribution in [0.1, 0.15) is 35.8 Å². The number of nitrogens with zero attached hydrogens (tertiary/aromatic N) is 2. The molecule has 4 nitrogen and oxygen atoms in total. The van der Waals surface area contributed by atoms with E-state index in [1.165, 1.54) is 7.11 Å². The topological polar surface area (TPSA) is 43.5 Å². The average molecular weight is 262 g/mol. The molecule has 0 unspecified atom stereocenters. The molecule has 0 spiro atoms. The van der Waals surface area contributed by atoms with Crippen molar-refractivity contribution in [2.75, 3.05) is 12.9 Å². The van der Waals surface area contributed by atoms with Gasteiger partial charge in [-0.25, -0.2) is 16.4 Å². The monoisotopic (exact) mass is 262 g/mol. The molecule has 1 saturated carbocycles. The second-order valence-corrected chi connectivity index (χ2v) is 5.44. The van der Waals surface area contributed by atoms with Crippen LogP contribution in [0.4, 0.5) is 0 Å². The zero-order chi connectivity index (χ0) is 13.2. The van der Waals surface area contributed by atoms with Gasteiger partial charge in [-0.05, 0) is 11.8 Å². The van der Waals surface area contributed by atoms with Crippen LogP contribution in [0.25, 0.3) is 4.85 Å². The Hall–Kier alpha value is -1.54. The molecule has 0 amide bonds. The first-order chi connectivity index (χ1) is 8.66. The van der Waals surface area contributed by atoms with Crippen LogP contribution in [0.15, 0.2) is 17.2 Å². The van der Waals surface area contributed by atoms with Crippen molar-refractivity contribution >= 4 is 17.7 Å². The molecule has 1 aromatic rings. The Kier molecular flexibility index (Phi) is 3.58. The van der Waals surface area contributed by atoms with Gasteiger partial charge in [0, 0.05) is 23.9 Å². The van der Waals surface area contributed by atoms with Crippen molar-refractivity contribution in [1.29, 1.82) is 0 Å². The number of pyridine rings is 1. The van der Waals surface area contributed by atoms with E-state index in [-0.39, 0.29) is 5.54 Å². The van der Waals surface area contributed by atoms with Crippen molar-refractivity contribution in [3.8, 4) is 0 Å². The lowest BCUT2D eigenvalue weighted by atomic mass is 10.1. The van der Waals surface area contributed by atoms with Crippen LogP contribution in [0.3, 0.4) is 0 Å². The van der Waals surface area contributed by atoms with Crippen LogP contribution >= 0.6 is 11.8 Å². The molecule has 0 radical (unpaired) electrons. The molecular formula is C13H14N2O2S. The fourth-order valence-corrected chi connectivity index (χ4v) is 2.59. The third kappa shape index (κ3) is 2.21. The quantitative estimate of drug-likeness (QED) is 0.475. The second-order valence-electron chi connectivity index (χ2n) is 4.14. The van der Waals surface area contributed by atoms with Gasteiger partial charge in [0.1, 0.15) is 0 Å². The van der Waals surface area contributed by atoms with E-state index in [1.807, 2.05) is 13.0 Å². The Morgan fingerprint density at radius 2 is 2.39 bits per heavy atom. The summed E-state index contributed by atoms with van der Waals surface area (Å²) >= 11 is 1.55. The third-order valence-corrected chi connectivity index (χ3v) is 3.92. The second kappa shape index (κ2) is 4.99. The summed E-state index contributed by atoms with van der Waals surface area (Å²) in [6.07, 6.45) is 3.40. The largest absolute Gasteiger partial charge is 0.464 e. The van der Waals surface area contributed by atoms with E-state index in [2.05, 4.69) is 9.83 Å². The molecule has 0 N–H and O–H groups in total. The number of ether oxygens (including phenoxy) is 1. The highest BCUT2D eigenvalue weighted by Gasteiger charge is 2.53. The van der Waals surface area contributed by atoms with Crippen molar-refractivity contribution in [3.63, 3.8) is 0 Å². The molecule has 0 bridgehead atoms. The van der Waals surface area contributed by atoms with Gasteiger partial charge in [0.2, 0.25) is 0 Å². The predicted octanol–water partition coefficient (Wildman–Crippen LogP) is 2.89. The van der Waals surface area contributed by atoms with Crippen LogP contribution in [0, 0.1) is 6.57 Å². The van der Waals surface area contributed by atoms with Crippen molar-refractivity contribution in [1.82, 2.24) is 4.98 Å². The van der Waals surface area contributed by atoms with E-state index in [0.29, 0.717) is 5.69 Å². The minimum atomic E-state index is -0.426. The standard InChI is InChI=1S/C13H14N2O2S/c1-4-18-10-7-9(13(14-2)5-6-13)8-15-11(10)12(16)17-3/h7-8H,4-6H2,1,3H3. The summed E-state index contributed by atoms with van der Waals surface area (Å²) < 4.78 is 4.72. The molecule has 5 heteroatoms. The Labute approximate surface area is 111 Å². The maximum Gasteiger partial charge on any atom is 0.357 e. The smallest absolute Gasteiger partial charge is 0.357 e. The number of thioether (sulfide) groups is 1. The molecule has 0 aromatic carbocycles. The van der Waals surface area contributed by atoms with Gasteiger partial charge in [-0.3, -0.25) is 0 Å². The van der Waals surface area contributed by atoms with E-state index in [0.717, 1.165) is 29.1 Å². The first-order valence-corrected chi connectivity index (χ1v) is 6.75. The van der Waals surface area contributed by atoms with Gasteiger partial charge in [-0.2, -0.15) is 0 Å². The Balaban J connectivity index is 2.41. The molecule has 94 valence electrons. The molecule has 1 fully saturated rings. The van der Waals surface area contributed by atoms with Gasteiger partial charge in [-0.15, -0.1) is 11.8 Å². The summed E-state index contributed by atoms with van der Waals surface area (Å²) in [6.45, 7) is 9.26. The highest BCUT2D eigenvalue weighted by molar-refractivity contribution is 7.99. The fraction of sp³-hybridized carbons (Fsp3) is 0.462. The van der Waals surface area contributed by atoms with Crippen LogP contribution in [0.2, 0.25) is 0 Å². The third-order valence-electron chi connectivity index (χ3n) is 3.01. The maximum atomic E-state index is 11.6. The van der Waals surface area contributed by atoms with Crippen LogP contribution in [-0.2, 0) is 10.3 Å². The molecule has 1 aliphatic carbocycles. The molecule has 0 saturated heterocycles. The molecular weight excluding hydrogens is 248 g/mol. The Morgan fingerprint density at radius 1 is 1.67 bits per heavy atom.